The second-order valence-electron chi connectivity index (χ2n) is 2.82. The van der Waals surface area contributed by atoms with E-state index in [0.29, 0.717) is 52.8 Å². The Morgan fingerprint density at radius 1 is 0.733 bits per heavy atom. The smallest absolute Gasteiger partial charge is 0.0701 e. The summed E-state index contributed by atoms with van der Waals surface area (Å²) in [7, 11) is 0. The molecule has 0 rings (SSSR count). The summed E-state index contributed by atoms with van der Waals surface area (Å²) in [5, 5.41) is 0. The van der Waals surface area contributed by atoms with Crippen molar-refractivity contribution in [3.05, 3.63) is 0 Å². The zero-order valence-electron chi connectivity index (χ0n) is 9.57. The highest BCUT2D eigenvalue weighted by Crippen LogP contribution is 1.81. The summed E-state index contributed by atoms with van der Waals surface area (Å²) in [5.74, 6) is 0. The Labute approximate surface area is 93.3 Å². The Morgan fingerprint density at radius 2 is 1.13 bits per heavy atom. The Kier molecular flexibility index (Phi) is 13.6. The fourth-order valence-corrected chi connectivity index (χ4v) is 0.887. The van der Waals surface area contributed by atoms with Crippen LogP contribution in [0.1, 0.15) is 8.35 Å². The van der Waals surface area contributed by atoms with Gasteiger partial charge in [-0.2, -0.15) is 0 Å². The van der Waals surface area contributed by atoms with Crippen molar-refractivity contribution in [3.8, 4) is 0 Å². The van der Waals surface area contributed by atoms with Crippen LogP contribution in [0.4, 0.5) is 0 Å². The average Bonchev–Trinajstić information content (AvgIpc) is 2.26. The molecular weight excluding hydrogens is 198 g/mol. The van der Waals surface area contributed by atoms with Crippen molar-refractivity contribution < 1.29 is 20.4 Å². The lowest BCUT2D eigenvalue weighted by Crippen LogP contribution is -2.14. The van der Waals surface area contributed by atoms with Crippen LogP contribution in [0.25, 0.3) is 0 Å². The highest BCUT2D eigenvalue weighted by molar-refractivity contribution is 4.35. The van der Waals surface area contributed by atoms with Crippen molar-refractivity contribution in [2.75, 3.05) is 59.4 Å². The molecule has 0 atom stereocenters. The van der Waals surface area contributed by atoms with E-state index in [-0.39, 0.29) is 1.43 Å². The van der Waals surface area contributed by atoms with Gasteiger partial charge in [-0.15, -0.1) is 0 Å². The first kappa shape index (κ1) is 14.8. The fourth-order valence-electron chi connectivity index (χ4n) is 0.887. The van der Waals surface area contributed by atoms with Gasteiger partial charge in [0.25, 0.3) is 0 Å². The van der Waals surface area contributed by atoms with Crippen LogP contribution in [-0.2, 0) is 18.9 Å². The predicted octanol–water partition coefficient (Wildman–Crippen LogP) is 0.277. The van der Waals surface area contributed by atoms with Crippen molar-refractivity contribution >= 4 is 0 Å². The van der Waals surface area contributed by atoms with Gasteiger partial charge in [0, 0.05) is 14.6 Å². The van der Waals surface area contributed by atoms with Crippen LogP contribution in [0.5, 0.6) is 0 Å². The maximum Gasteiger partial charge on any atom is 0.0701 e. The standard InChI is InChI=1S/C10H23NO4.H2/c1-2-12-5-6-14-9-10-15-8-7-13-4-3-11;/h2-11H2,1H3;1H. The monoisotopic (exact) mass is 223 g/mol. The SMILES string of the molecule is CCOCCOCCOCCOCCN.[HH]. The largest absolute Gasteiger partial charge is 0.379 e. The highest BCUT2D eigenvalue weighted by Gasteiger charge is 1.90. The van der Waals surface area contributed by atoms with E-state index in [2.05, 4.69) is 0 Å². The van der Waals surface area contributed by atoms with Gasteiger partial charge in [0.05, 0.1) is 46.2 Å². The van der Waals surface area contributed by atoms with E-state index >= 15 is 0 Å². The van der Waals surface area contributed by atoms with E-state index in [9.17, 15) is 0 Å². The van der Waals surface area contributed by atoms with Crippen LogP contribution in [0.2, 0.25) is 0 Å². The molecule has 94 valence electrons. The number of hydrogen-bond acceptors (Lipinski definition) is 5. The zero-order valence-corrected chi connectivity index (χ0v) is 9.57. The Morgan fingerprint density at radius 3 is 1.53 bits per heavy atom. The third kappa shape index (κ3) is 13.8. The lowest BCUT2D eigenvalue weighted by Gasteiger charge is -2.06. The van der Waals surface area contributed by atoms with Crippen LogP contribution in [0, 0.1) is 0 Å². The van der Waals surface area contributed by atoms with Crippen LogP contribution in [0.15, 0.2) is 0 Å². The minimum atomic E-state index is 0. The molecule has 5 heteroatoms. The molecule has 0 saturated carbocycles. The minimum Gasteiger partial charge on any atom is -0.379 e. The van der Waals surface area contributed by atoms with E-state index in [0.717, 1.165) is 6.61 Å². The molecule has 0 radical (unpaired) electrons. The molecule has 0 bridgehead atoms. The van der Waals surface area contributed by atoms with Crippen molar-refractivity contribution in [2.45, 2.75) is 6.92 Å². The Balaban J connectivity index is 0. The summed E-state index contributed by atoms with van der Waals surface area (Å²) in [6.07, 6.45) is 0. The van der Waals surface area contributed by atoms with Crippen LogP contribution < -0.4 is 5.73 Å². The average molecular weight is 223 g/mol. The normalized spacial score (nSPS) is 10.8. The van der Waals surface area contributed by atoms with Gasteiger partial charge >= 0.3 is 0 Å². The third-order valence-corrected chi connectivity index (χ3v) is 1.58. The molecule has 2 N–H and O–H groups in total. The Bertz CT molecular complexity index is 107. The van der Waals surface area contributed by atoms with Gasteiger partial charge in [0.1, 0.15) is 0 Å². The molecule has 0 aliphatic carbocycles. The topological polar surface area (TPSA) is 62.9 Å². The molecule has 0 aromatic rings. The molecule has 0 aromatic carbocycles. The van der Waals surface area contributed by atoms with Gasteiger partial charge < -0.3 is 24.7 Å². The van der Waals surface area contributed by atoms with Crippen molar-refractivity contribution in [1.29, 1.82) is 0 Å². The molecule has 0 aliphatic rings. The summed E-state index contributed by atoms with van der Waals surface area (Å²) in [6.45, 7) is 7.50. The zero-order chi connectivity index (χ0) is 11.2. The first-order valence-corrected chi connectivity index (χ1v) is 5.42. The maximum absolute atomic E-state index is 5.26. The minimum absolute atomic E-state index is 0. The van der Waals surface area contributed by atoms with E-state index < -0.39 is 0 Å². The van der Waals surface area contributed by atoms with Crippen molar-refractivity contribution in [2.24, 2.45) is 5.73 Å². The van der Waals surface area contributed by atoms with E-state index in [1.165, 1.54) is 0 Å². The maximum atomic E-state index is 5.26. The van der Waals surface area contributed by atoms with Crippen LogP contribution >= 0.6 is 0 Å². The molecule has 0 aromatic heterocycles. The van der Waals surface area contributed by atoms with E-state index in [1.807, 2.05) is 6.92 Å². The third-order valence-electron chi connectivity index (χ3n) is 1.58. The van der Waals surface area contributed by atoms with E-state index in [4.69, 9.17) is 24.7 Å². The number of rotatable bonds is 12. The van der Waals surface area contributed by atoms with Crippen molar-refractivity contribution in [3.63, 3.8) is 0 Å². The molecule has 15 heavy (non-hydrogen) atoms. The molecule has 0 amide bonds. The lowest BCUT2D eigenvalue weighted by atomic mass is 10.7. The predicted molar refractivity (Wildman–Crippen MR) is 60.1 cm³/mol. The van der Waals surface area contributed by atoms with Gasteiger partial charge in [-0.3, -0.25) is 0 Å². The summed E-state index contributed by atoms with van der Waals surface area (Å²) < 4.78 is 20.7. The van der Waals surface area contributed by atoms with Gasteiger partial charge in [-0.1, -0.05) is 0 Å². The van der Waals surface area contributed by atoms with Gasteiger partial charge in [-0.05, 0) is 6.92 Å². The van der Waals surface area contributed by atoms with Crippen LogP contribution in [-0.4, -0.2) is 59.4 Å². The first-order chi connectivity index (χ1) is 7.41. The molecule has 0 saturated heterocycles. The quantitative estimate of drug-likeness (QED) is 0.481. The molecule has 0 fully saturated rings. The highest BCUT2D eigenvalue weighted by atomic mass is 16.6. The molecule has 0 heterocycles. The van der Waals surface area contributed by atoms with Crippen LogP contribution in [0.3, 0.4) is 0 Å². The molecule has 5 nitrogen and oxygen atoms in total. The fraction of sp³-hybridized carbons (Fsp3) is 1.00. The summed E-state index contributed by atoms with van der Waals surface area (Å²) in [4.78, 5) is 0. The van der Waals surface area contributed by atoms with Gasteiger partial charge in [-0.25, -0.2) is 0 Å². The van der Waals surface area contributed by atoms with Gasteiger partial charge in [0.2, 0.25) is 0 Å². The number of ether oxygens (including phenoxy) is 4. The number of nitrogens with two attached hydrogens (primary N) is 1. The van der Waals surface area contributed by atoms with E-state index in [1.54, 1.807) is 0 Å². The molecule has 0 unspecified atom stereocenters. The second-order valence-corrected chi connectivity index (χ2v) is 2.82. The lowest BCUT2D eigenvalue weighted by molar-refractivity contribution is 0.000383. The second kappa shape index (κ2) is 13.8. The number of hydrogen-bond donors (Lipinski definition) is 1. The molecule has 0 spiro atoms. The van der Waals surface area contributed by atoms with Gasteiger partial charge in [0.15, 0.2) is 0 Å². The summed E-state index contributed by atoms with van der Waals surface area (Å²) >= 11 is 0. The summed E-state index contributed by atoms with van der Waals surface area (Å²) in [5.41, 5.74) is 5.25. The molecular formula is C10H25NO4. The summed E-state index contributed by atoms with van der Waals surface area (Å²) in [6, 6.07) is 0. The molecule has 0 aliphatic heterocycles. The first-order valence-electron chi connectivity index (χ1n) is 5.42. The van der Waals surface area contributed by atoms with Crippen molar-refractivity contribution in [1.82, 2.24) is 0 Å². The Hall–Kier alpha value is -0.200.